The summed E-state index contributed by atoms with van der Waals surface area (Å²) in [4.78, 5) is 13.9. The van der Waals surface area contributed by atoms with Gasteiger partial charge in [0.2, 0.25) is 5.91 Å². The summed E-state index contributed by atoms with van der Waals surface area (Å²) in [6, 6.07) is 5.80. The number of likely N-dealkylation sites (N-methyl/N-ethyl adjacent to an activating group) is 1. The molecule has 0 atom stereocenters. The maximum atomic E-state index is 12.1. The normalized spacial score (nSPS) is 11.8. The number of nitrogens with zero attached hydrogens (tertiary/aromatic N) is 1. The maximum absolute atomic E-state index is 12.1. The second-order valence-corrected chi connectivity index (χ2v) is 6.09. The summed E-state index contributed by atoms with van der Waals surface area (Å²) < 4.78 is 0. The molecule has 0 aliphatic rings. The van der Waals surface area contributed by atoms with E-state index in [1.54, 1.807) is 18.9 Å². The van der Waals surface area contributed by atoms with Crippen molar-refractivity contribution in [1.29, 1.82) is 0 Å². The lowest BCUT2D eigenvalue weighted by Gasteiger charge is -2.30. The largest absolute Gasteiger partial charge is 0.396 e. The van der Waals surface area contributed by atoms with Gasteiger partial charge in [0.1, 0.15) is 0 Å². The molecule has 0 aliphatic heterocycles. The fourth-order valence-electron chi connectivity index (χ4n) is 2.18. The molecule has 0 radical (unpaired) electrons. The van der Waals surface area contributed by atoms with Gasteiger partial charge in [0.05, 0.1) is 19.8 Å². The van der Waals surface area contributed by atoms with Crippen molar-refractivity contribution in [3.63, 3.8) is 0 Å². The van der Waals surface area contributed by atoms with E-state index in [-0.39, 0.29) is 25.7 Å². The molecule has 1 amide bonds. The van der Waals surface area contributed by atoms with Gasteiger partial charge in [0.15, 0.2) is 0 Å². The van der Waals surface area contributed by atoms with Gasteiger partial charge in [-0.3, -0.25) is 9.69 Å². The van der Waals surface area contributed by atoms with Gasteiger partial charge in [0, 0.05) is 17.6 Å². The fourth-order valence-corrected chi connectivity index (χ4v) is 2.18. The molecule has 0 spiro atoms. The third-order valence-corrected chi connectivity index (χ3v) is 3.71. The van der Waals surface area contributed by atoms with E-state index >= 15 is 0 Å². The number of nitrogens with one attached hydrogen (secondary N) is 1. The van der Waals surface area contributed by atoms with Crippen LogP contribution in [0.4, 0.5) is 5.69 Å². The molecule has 0 unspecified atom stereocenters. The topological polar surface area (TPSA) is 72.8 Å². The number of aliphatic hydroxyl groups excluding tert-OH is 2. The molecular weight excluding hydrogens is 268 g/mol. The molecule has 3 N–H and O–H groups in total. The highest BCUT2D eigenvalue weighted by atomic mass is 16.3. The summed E-state index contributed by atoms with van der Waals surface area (Å²) in [7, 11) is 1.80. The van der Waals surface area contributed by atoms with Gasteiger partial charge in [-0.15, -0.1) is 0 Å². The number of rotatable bonds is 7. The van der Waals surface area contributed by atoms with E-state index in [9.17, 15) is 15.0 Å². The van der Waals surface area contributed by atoms with E-state index in [1.807, 2.05) is 32.0 Å². The number of anilines is 1. The number of hydrogen-bond donors (Lipinski definition) is 3. The Bertz CT molecular complexity index is 484. The Kier molecular flexibility index (Phi) is 6.33. The molecular formula is C16H26N2O3. The predicted molar refractivity (Wildman–Crippen MR) is 84.3 cm³/mol. The minimum atomic E-state index is -0.603. The van der Waals surface area contributed by atoms with Crippen molar-refractivity contribution < 1.29 is 15.0 Å². The SMILES string of the molecule is Cc1cccc(NC(=O)CN(C)CC(C)(CO)CO)c1C. The zero-order valence-corrected chi connectivity index (χ0v) is 13.3. The van der Waals surface area contributed by atoms with Crippen molar-refractivity contribution in [3.8, 4) is 0 Å². The summed E-state index contributed by atoms with van der Waals surface area (Å²) >= 11 is 0. The number of aryl methyl sites for hydroxylation is 1. The van der Waals surface area contributed by atoms with Crippen LogP contribution in [-0.2, 0) is 4.79 Å². The monoisotopic (exact) mass is 294 g/mol. The Hall–Kier alpha value is -1.43. The highest BCUT2D eigenvalue weighted by molar-refractivity contribution is 5.93. The zero-order valence-electron chi connectivity index (χ0n) is 13.3. The van der Waals surface area contributed by atoms with Crippen LogP contribution in [0.2, 0.25) is 0 Å². The standard InChI is InChI=1S/C16H26N2O3/c1-12-6-5-7-14(13(12)2)17-15(21)8-18(4)9-16(3,10-19)11-20/h5-7,19-20H,8-11H2,1-4H3,(H,17,21). The van der Waals surface area contributed by atoms with E-state index in [2.05, 4.69) is 5.32 Å². The van der Waals surface area contributed by atoms with Gasteiger partial charge in [-0.05, 0) is 38.1 Å². The van der Waals surface area contributed by atoms with Crippen LogP contribution >= 0.6 is 0 Å². The Morgan fingerprint density at radius 1 is 1.29 bits per heavy atom. The first kappa shape index (κ1) is 17.6. The third kappa shape index (κ3) is 5.12. The van der Waals surface area contributed by atoms with Crippen LogP contribution < -0.4 is 5.32 Å². The number of benzene rings is 1. The number of carbonyl (C=O) groups is 1. The van der Waals surface area contributed by atoms with Crippen molar-refractivity contribution >= 4 is 11.6 Å². The van der Waals surface area contributed by atoms with Crippen LogP contribution in [-0.4, -0.2) is 54.4 Å². The summed E-state index contributed by atoms with van der Waals surface area (Å²) in [5.41, 5.74) is 2.41. The number of hydrogen-bond acceptors (Lipinski definition) is 4. The molecule has 0 saturated carbocycles. The van der Waals surface area contributed by atoms with E-state index in [1.165, 1.54) is 0 Å². The smallest absolute Gasteiger partial charge is 0.238 e. The first-order valence-electron chi connectivity index (χ1n) is 7.07. The molecule has 0 aliphatic carbocycles. The van der Waals surface area contributed by atoms with Crippen LogP contribution in [0, 0.1) is 19.3 Å². The van der Waals surface area contributed by atoms with Crippen molar-refractivity contribution in [2.45, 2.75) is 20.8 Å². The average Bonchev–Trinajstić information content (AvgIpc) is 2.43. The van der Waals surface area contributed by atoms with E-state index in [0.717, 1.165) is 16.8 Å². The predicted octanol–water partition coefficient (Wildman–Crippen LogP) is 1.16. The van der Waals surface area contributed by atoms with Crippen LogP contribution in [0.15, 0.2) is 18.2 Å². The van der Waals surface area contributed by atoms with E-state index < -0.39 is 5.41 Å². The molecule has 0 aromatic heterocycles. The summed E-state index contributed by atoms with van der Waals surface area (Å²) in [6.07, 6.45) is 0. The van der Waals surface area contributed by atoms with Gasteiger partial charge in [0.25, 0.3) is 0 Å². The molecule has 118 valence electrons. The number of carbonyl (C=O) groups excluding carboxylic acids is 1. The number of aliphatic hydroxyl groups is 2. The molecule has 0 heterocycles. The summed E-state index contributed by atoms with van der Waals surface area (Å²) in [6.45, 7) is 6.18. The Morgan fingerprint density at radius 3 is 2.48 bits per heavy atom. The lowest BCUT2D eigenvalue weighted by atomic mass is 9.92. The lowest BCUT2D eigenvalue weighted by molar-refractivity contribution is -0.117. The summed E-state index contributed by atoms with van der Waals surface area (Å²) in [5, 5.41) is 21.5. The molecule has 1 aromatic carbocycles. The van der Waals surface area contributed by atoms with Crippen LogP contribution in [0.5, 0.6) is 0 Å². The quantitative estimate of drug-likeness (QED) is 0.706. The highest BCUT2D eigenvalue weighted by Crippen LogP contribution is 2.18. The van der Waals surface area contributed by atoms with E-state index in [0.29, 0.717) is 6.54 Å². The van der Waals surface area contributed by atoms with Gasteiger partial charge >= 0.3 is 0 Å². The lowest BCUT2D eigenvalue weighted by Crippen LogP contribution is -2.42. The third-order valence-electron chi connectivity index (χ3n) is 3.71. The second-order valence-electron chi connectivity index (χ2n) is 6.09. The van der Waals surface area contributed by atoms with Crippen molar-refractivity contribution in [2.75, 3.05) is 38.7 Å². The molecule has 1 rings (SSSR count). The zero-order chi connectivity index (χ0) is 16.0. The molecule has 5 nitrogen and oxygen atoms in total. The van der Waals surface area contributed by atoms with Crippen molar-refractivity contribution in [2.24, 2.45) is 5.41 Å². The molecule has 1 aromatic rings. The molecule has 5 heteroatoms. The minimum absolute atomic E-state index is 0.107. The maximum Gasteiger partial charge on any atom is 0.238 e. The van der Waals surface area contributed by atoms with E-state index in [4.69, 9.17) is 0 Å². The van der Waals surface area contributed by atoms with Gasteiger partial charge in [-0.25, -0.2) is 0 Å². The minimum Gasteiger partial charge on any atom is -0.396 e. The Balaban J connectivity index is 2.59. The highest BCUT2D eigenvalue weighted by Gasteiger charge is 2.25. The molecule has 21 heavy (non-hydrogen) atoms. The first-order chi connectivity index (χ1) is 9.81. The van der Waals surface area contributed by atoms with Gasteiger partial charge in [-0.1, -0.05) is 19.1 Å². The Morgan fingerprint density at radius 2 is 1.90 bits per heavy atom. The molecule has 0 fully saturated rings. The average molecular weight is 294 g/mol. The van der Waals surface area contributed by atoms with Crippen LogP contribution in [0.3, 0.4) is 0 Å². The van der Waals surface area contributed by atoms with Gasteiger partial charge in [-0.2, -0.15) is 0 Å². The van der Waals surface area contributed by atoms with Crippen molar-refractivity contribution in [3.05, 3.63) is 29.3 Å². The molecule has 0 bridgehead atoms. The number of amides is 1. The Labute approximate surface area is 126 Å². The second kappa shape index (κ2) is 7.54. The summed E-state index contributed by atoms with van der Waals surface area (Å²) in [5.74, 6) is -0.107. The molecule has 0 saturated heterocycles. The van der Waals surface area contributed by atoms with Crippen molar-refractivity contribution in [1.82, 2.24) is 4.90 Å². The fraction of sp³-hybridized carbons (Fsp3) is 0.562. The first-order valence-corrected chi connectivity index (χ1v) is 7.07. The van der Waals surface area contributed by atoms with Crippen LogP contribution in [0.25, 0.3) is 0 Å². The van der Waals surface area contributed by atoms with Gasteiger partial charge < -0.3 is 15.5 Å². The van der Waals surface area contributed by atoms with Crippen LogP contribution in [0.1, 0.15) is 18.1 Å².